The van der Waals surface area contributed by atoms with E-state index < -0.39 is 0 Å². The number of rotatable bonds is 6. The van der Waals surface area contributed by atoms with Gasteiger partial charge in [0.05, 0.1) is 0 Å². The van der Waals surface area contributed by atoms with Crippen molar-refractivity contribution in [3.63, 3.8) is 0 Å². The van der Waals surface area contributed by atoms with Crippen LogP contribution in [-0.2, 0) is 10.8 Å². The monoisotopic (exact) mass is 952 g/mol. The smallest absolute Gasteiger partial charge is 0.142 e. The van der Waals surface area contributed by atoms with Crippen LogP contribution in [0.3, 0.4) is 0 Å². The minimum absolute atomic E-state index is 0.0585. The van der Waals surface area contributed by atoms with Gasteiger partial charge in [-0.15, -0.1) is 0 Å². The molecule has 0 atom stereocenters. The van der Waals surface area contributed by atoms with E-state index in [4.69, 9.17) is 8.83 Å². The lowest BCUT2D eigenvalue weighted by Crippen LogP contribution is -2.15. The molecule has 0 bridgehead atoms. The minimum atomic E-state index is -0.0585. The number of anilines is 6. The highest BCUT2D eigenvalue weighted by Crippen LogP contribution is 2.53. The van der Waals surface area contributed by atoms with Crippen LogP contribution in [0.25, 0.3) is 87.7 Å². The van der Waals surface area contributed by atoms with Crippen LogP contribution in [0.4, 0.5) is 34.1 Å². The normalized spacial score (nSPS) is 14.0. The second-order valence-electron chi connectivity index (χ2n) is 21.8. The van der Waals surface area contributed by atoms with Gasteiger partial charge in [-0.2, -0.15) is 0 Å². The molecule has 0 spiro atoms. The second kappa shape index (κ2) is 15.3. The predicted octanol–water partition coefficient (Wildman–Crippen LogP) is 20.0. The quantitative estimate of drug-likeness (QED) is 0.166. The van der Waals surface area contributed by atoms with Gasteiger partial charge in [-0.1, -0.05) is 137 Å². The van der Waals surface area contributed by atoms with Gasteiger partial charge in [-0.05, 0) is 183 Å². The summed E-state index contributed by atoms with van der Waals surface area (Å²) in [6.07, 6.45) is 0. The van der Waals surface area contributed by atoms with Gasteiger partial charge in [0, 0.05) is 72.1 Å². The fourth-order valence-electron chi connectivity index (χ4n) is 13.2. The minimum Gasteiger partial charge on any atom is -0.456 e. The standard InChI is InChI=1S/C70H52N2O2/c1-41-65-57-35-43-25-27-49(71(47-17-9-7-10-18-47)51-29-31-61-55(39-51)53-21-13-15-23-59(53)69(61,3)4)33-45(43)37-63(57)73-67(65)42(2)68-66(41)58-36-44-26-28-50(34-46(44)38-64(58)74-68)72(48-19-11-8-12-20-48)52-30-32-62-56(40-52)54-22-14-16-24-60(54)70(62,5)6/h7-40H,1-6H3. The van der Waals surface area contributed by atoms with E-state index in [1.54, 1.807) is 0 Å². The fraction of sp³-hybridized carbons (Fsp3) is 0.114. The number of benzene rings is 11. The maximum absolute atomic E-state index is 6.93. The Morgan fingerprint density at radius 3 is 1.14 bits per heavy atom. The Kier molecular flexibility index (Phi) is 8.87. The molecule has 4 nitrogen and oxygen atoms in total. The molecule has 0 unspecified atom stereocenters. The van der Waals surface area contributed by atoms with Crippen molar-refractivity contribution in [2.24, 2.45) is 0 Å². The lowest BCUT2D eigenvalue weighted by atomic mass is 9.82. The zero-order valence-corrected chi connectivity index (χ0v) is 42.3. The maximum Gasteiger partial charge on any atom is 0.142 e. The Bertz CT molecular complexity index is 4230. The van der Waals surface area contributed by atoms with Crippen LogP contribution in [0.1, 0.15) is 61.1 Å². The summed E-state index contributed by atoms with van der Waals surface area (Å²) in [7, 11) is 0. The highest BCUT2D eigenvalue weighted by molar-refractivity contribution is 6.22. The van der Waals surface area contributed by atoms with Crippen molar-refractivity contribution in [1.29, 1.82) is 0 Å². The summed E-state index contributed by atoms with van der Waals surface area (Å²) in [6, 6.07) is 75.9. The van der Waals surface area contributed by atoms with Gasteiger partial charge in [0.15, 0.2) is 0 Å². The van der Waals surface area contributed by atoms with E-state index in [0.717, 1.165) is 105 Å². The zero-order chi connectivity index (χ0) is 49.8. The number of fused-ring (bicyclic) bond motifs is 14. The molecule has 2 heterocycles. The third-order valence-electron chi connectivity index (χ3n) is 16.9. The fourth-order valence-corrected chi connectivity index (χ4v) is 13.2. The average Bonchev–Trinajstić information content (AvgIpc) is 4.15. The maximum atomic E-state index is 6.93. The molecule has 0 N–H and O–H groups in total. The summed E-state index contributed by atoms with van der Waals surface area (Å²) in [6.45, 7) is 13.7. The summed E-state index contributed by atoms with van der Waals surface area (Å²) in [5, 5.41) is 9.07. The first-order valence-corrected chi connectivity index (χ1v) is 25.9. The third-order valence-corrected chi connectivity index (χ3v) is 16.9. The average molecular weight is 953 g/mol. The SMILES string of the molecule is Cc1c2oc3cc4cc(N(c5ccccc5)c5ccc6c(c5)-c5ccccc5C6(C)C)ccc4cc3c2c(C)c2c1oc1cc3cc(N(c4ccccc4)c4ccc5c(c4)-c4ccccc4C5(C)C)ccc3cc12. The molecule has 11 aromatic carbocycles. The molecule has 15 rings (SSSR count). The summed E-state index contributed by atoms with van der Waals surface area (Å²) in [4.78, 5) is 4.75. The molecular weight excluding hydrogens is 901 g/mol. The lowest BCUT2D eigenvalue weighted by molar-refractivity contribution is 0.651. The first kappa shape index (κ1) is 42.8. The Hall–Kier alpha value is -8.86. The van der Waals surface area contributed by atoms with E-state index >= 15 is 0 Å². The van der Waals surface area contributed by atoms with Crippen LogP contribution in [-0.4, -0.2) is 0 Å². The van der Waals surface area contributed by atoms with Crippen molar-refractivity contribution in [1.82, 2.24) is 0 Å². The number of hydrogen-bond donors (Lipinski definition) is 0. The first-order valence-electron chi connectivity index (χ1n) is 25.9. The summed E-state index contributed by atoms with van der Waals surface area (Å²) in [5.41, 5.74) is 22.9. The molecule has 0 aliphatic heterocycles. The predicted molar refractivity (Wildman–Crippen MR) is 310 cm³/mol. The van der Waals surface area contributed by atoms with E-state index in [1.807, 2.05) is 0 Å². The third kappa shape index (κ3) is 6.03. The van der Waals surface area contributed by atoms with Gasteiger partial charge in [-0.3, -0.25) is 0 Å². The van der Waals surface area contributed by atoms with Crippen molar-refractivity contribution in [3.8, 4) is 22.3 Å². The lowest BCUT2D eigenvalue weighted by Gasteiger charge is -2.27. The molecule has 2 aliphatic rings. The van der Waals surface area contributed by atoms with E-state index in [0.29, 0.717) is 0 Å². The molecule has 0 saturated heterocycles. The van der Waals surface area contributed by atoms with Crippen LogP contribution >= 0.6 is 0 Å². The Labute approximate surface area is 430 Å². The van der Waals surface area contributed by atoms with Gasteiger partial charge in [0.1, 0.15) is 22.3 Å². The molecule has 13 aromatic rings. The van der Waals surface area contributed by atoms with Crippen LogP contribution < -0.4 is 9.80 Å². The van der Waals surface area contributed by atoms with E-state index in [-0.39, 0.29) is 10.8 Å². The van der Waals surface area contributed by atoms with Gasteiger partial charge in [-0.25, -0.2) is 0 Å². The first-order chi connectivity index (χ1) is 36.0. The summed E-state index contributed by atoms with van der Waals surface area (Å²) >= 11 is 0. The van der Waals surface area contributed by atoms with E-state index in [2.05, 4.69) is 258 Å². The molecule has 0 fully saturated rings. The molecule has 0 radical (unpaired) electrons. The van der Waals surface area contributed by atoms with Crippen LogP contribution in [0, 0.1) is 13.8 Å². The molecule has 2 aliphatic carbocycles. The van der Waals surface area contributed by atoms with Crippen LogP contribution in [0.15, 0.2) is 215 Å². The molecular formula is C70H52N2O2. The van der Waals surface area contributed by atoms with Gasteiger partial charge in [0.2, 0.25) is 0 Å². The van der Waals surface area contributed by atoms with E-state index in [1.165, 1.54) is 50.1 Å². The number of aryl methyl sites for hydroxylation is 2. The Balaban J connectivity index is 0.832. The van der Waals surface area contributed by atoms with Crippen molar-refractivity contribution in [2.75, 3.05) is 9.80 Å². The number of furan rings is 2. The molecule has 4 heteroatoms. The van der Waals surface area contributed by atoms with Gasteiger partial charge >= 0.3 is 0 Å². The highest BCUT2D eigenvalue weighted by atomic mass is 16.3. The van der Waals surface area contributed by atoms with Crippen LogP contribution in [0.2, 0.25) is 0 Å². The molecule has 0 amide bonds. The largest absolute Gasteiger partial charge is 0.456 e. The van der Waals surface area contributed by atoms with Crippen molar-refractivity contribution < 1.29 is 8.83 Å². The van der Waals surface area contributed by atoms with Crippen molar-refractivity contribution in [3.05, 3.63) is 240 Å². The Morgan fingerprint density at radius 2 is 0.689 bits per heavy atom. The molecule has 2 aromatic heterocycles. The molecule has 0 saturated carbocycles. The number of hydrogen-bond acceptors (Lipinski definition) is 4. The highest BCUT2D eigenvalue weighted by Gasteiger charge is 2.37. The summed E-state index contributed by atoms with van der Waals surface area (Å²) < 4.78 is 13.9. The second-order valence-corrected chi connectivity index (χ2v) is 21.8. The number of nitrogens with zero attached hydrogens (tertiary/aromatic N) is 2. The van der Waals surface area contributed by atoms with Crippen LogP contribution in [0.5, 0.6) is 0 Å². The topological polar surface area (TPSA) is 32.8 Å². The molecule has 354 valence electrons. The van der Waals surface area contributed by atoms with Crippen molar-refractivity contribution in [2.45, 2.75) is 52.4 Å². The Morgan fingerprint density at radius 1 is 0.311 bits per heavy atom. The van der Waals surface area contributed by atoms with Gasteiger partial charge < -0.3 is 18.6 Å². The zero-order valence-electron chi connectivity index (χ0n) is 42.3. The van der Waals surface area contributed by atoms with E-state index in [9.17, 15) is 0 Å². The number of para-hydroxylation sites is 2. The van der Waals surface area contributed by atoms with Crippen molar-refractivity contribution >= 4 is 99.5 Å². The van der Waals surface area contributed by atoms with Gasteiger partial charge in [0.25, 0.3) is 0 Å². The summed E-state index contributed by atoms with van der Waals surface area (Å²) in [5.74, 6) is 0. The molecule has 74 heavy (non-hydrogen) atoms.